The van der Waals surface area contributed by atoms with Crippen molar-refractivity contribution in [3.05, 3.63) is 29.8 Å². The van der Waals surface area contributed by atoms with Gasteiger partial charge in [0.1, 0.15) is 5.82 Å². The molecule has 0 saturated carbocycles. The molecule has 1 aromatic heterocycles. The molecule has 2 rings (SSSR count). The highest BCUT2D eigenvalue weighted by atomic mass is 19.1. The lowest BCUT2D eigenvalue weighted by molar-refractivity contribution is 0.416. The van der Waals surface area contributed by atoms with Crippen LogP contribution >= 0.6 is 0 Å². The van der Waals surface area contributed by atoms with E-state index in [1.54, 1.807) is 6.07 Å². The zero-order chi connectivity index (χ0) is 12.4. The molecule has 0 amide bonds. The molecule has 0 spiro atoms. The van der Waals surface area contributed by atoms with Gasteiger partial charge < -0.3 is 10.3 Å². The molecule has 5 heteroatoms. The molecule has 0 aliphatic rings. The highest BCUT2D eigenvalue weighted by molar-refractivity contribution is 5.70. The van der Waals surface area contributed by atoms with Crippen molar-refractivity contribution >= 4 is 5.69 Å². The number of nitrogens with zero attached hydrogens (tertiary/aromatic N) is 2. The summed E-state index contributed by atoms with van der Waals surface area (Å²) in [7, 11) is 0. The fourth-order valence-corrected chi connectivity index (χ4v) is 1.46. The third kappa shape index (κ3) is 2.27. The number of aromatic nitrogens is 2. The Morgan fingerprint density at radius 2 is 2.24 bits per heavy atom. The third-order valence-corrected chi connectivity index (χ3v) is 2.74. The molecule has 0 aliphatic heterocycles. The monoisotopic (exact) mass is 235 g/mol. The maximum absolute atomic E-state index is 12.9. The lowest BCUT2D eigenvalue weighted by atomic mass is 10.1. The van der Waals surface area contributed by atoms with E-state index in [1.165, 1.54) is 12.1 Å². The minimum absolute atomic E-state index is 0.231. The van der Waals surface area contributed by atoms with Gasteiger partial charge in [0.15, 0.2) is 5.82 Å². The second-order valence-corrected chi connectivity index (χ2v) is 4.00. The highest BCUT2D eigenvalue weighted by Gasteiger charge is 2.15. The molecule has 4 nitrogen and oxygen atoms in total. The normalized spacial score (nSPS) is 12.6. The number of nitrogen functional groups attached to an aromatic ring is 1. The first-order valence-corrected chi connectivity index (χ1v) is 5.50. The number of benzene rings is 1. The average Bonchev–Trinajstić information content (AvgIpc) is 2.77. The molecule has 1 heterocycles. The van der Waals surface area contributed by atoms with E-state index in [4.69, 9.17) is 10.3 Å². The quantitative estimate of drug-likeness (QED) is 0.830. The molecule has 17 heavy (non-hydrogen) atoms. The second-order valence-electron chi connectivity index (χ2n) is 4.00. The SMILES string of the molecule is CCC(C)c1noc(-c2ccc(F)cc2N)n1. The van der Waals surface area contributed by atoms with Crippen LogP contribution in [0, 0.1) is 5.82 Å². The number of anilines is 1. The van der Waals surface area contributed by atoms with Crippen LogP contribution in [0.2, 0.25) is 0 Å². The Bertz CT molecular complexity index is 524. The van der Waals surface area contributed by atoms with Gasteiger partial charge in [0, 0.05) is 11.6 Å². The van der Waals surface area contributed by atoms with Crippen LogP contribution in [0.4, 0.5) is 10.1 Å². The van der Waals surface area contributed by atoms with Gasteiger partial charge in [0.2, 0.25) is 0 Å². The first-order chi connectivity index (χ1) is 8.11. The van der Waals surface area contributed by atoms with Gasteiger partial charge in [-0.15, -0.1) is 0 Å². The minimum Gasteiger partial charge on any atom is -0.398 e. The van der Waals surface area contributed by atoms with Crippen molar-refractivity contribution in [1.29, 1.82) is 0 Å². The molecule has 2 N–H and O–H groups in total. The van der Waals surface area contributed by atoms with Gasteiger partial charge in [-0.05, 0) is 24.6 Å². The molecule has 0 fully saturated rings. The van der Waals surface area contributed by atoms with E-state index in [0.717, 1.165) is 6.42 Å². The number of hydrogen-bond donors (Lipinski definition) is 1. The van der Waals surface area contributed by atoms with Crippen LogP contribution in [0.5, 0.6) is 0 Å². The van der Waals surface area contributed by atoms with Crippen molar-refractivity contribution in [3.63, 3.8) is 0 Å². The summed E-state index contributed by atoms with van der Waals surface area (Å²) in [6, 6.07) is 4.10. The average molecular weight is 235 g/mol. The first kappa shape index (κ1) is 11.6. The molecule has 1 aromatic carbocycles. The summed E-state index contributed by atoms with van der Waals surface area (Å²) in [6.45, 7) is 4.07. The zero-order valence-corrected chi connectivity index (χ0v) is 9.77. The van der Waals surface area contributed by atoms with Crippen LogP contribution in [0.3, 0.4) is 0 Å². The van der Waals surface area contributed by atoms with Crippen molar-refractivity contribution in [3.8, 4) is 11.5 Å². The molecule has 1 unspecified atom stereocenters. The number of rotatable bonds is 3. The predicted octanol–water partition coefficient (Wildman–Crippen LogP) is 2.97. The summed E-state index contributed by atoms with van der Waals surface area (Å²) in [5.74, 6) is 0.825. The Morgan fingerprint density at radius 1 is 1.47 bits per heavy atom. The second kappa shape index (κ2) is 4.53. The van der Waals surface area contributed by atoms with Gasteiger partial charge in [-0.2, -0.15) is 4.98 Å². The molecular weight excluding hydrogens is 221 g/mol. The van der Waals surface area contributed by atoms with E-state index in [2.05, 4.69) is 10.1 Å². The number of halogens is 1. The van der Waals surface area contributed by atoms with Crippen molar-refractivity contribution in [2.24, 2.45) is 0 Å². The maximum atomic E-state index is 12.9. The van der Waals surface area contributed by atoms with Crippen LogP contribution in [-0.2, 0) is 0 Å². The van der Waals surface area contributed by atoms with E-state index >= 15 is 0 Å². The van der Waals surface area contributed by atoms with E-state index in [-0.39, 0.29) is 11.7 Å². The van der Waals surface area contributed by atoms with Crippen molar-refractivity contribution < 1.29 is 8.91 Å². The lowest BCUT2D eigenvalue weighted by Gasteiger charge is -2.00. The van der Waals surface area contributed by atoms with E-state index in [1.807, 2.05) is 13.8 Å². The summed E-state index contributed by atoms with van der Waals surface area (Å²) in [5.41, 5.74) is 6.56. The fourth-order valence-electron chi connectivity index (χ4n) is 1.46. The van der Waals surface area contributed by atoms with E-state index in [0.29, 0.717) is 23.0 Å². The molecule has 0 radical (unpaired) electrons. The summed E-state index contributed by atoms with van der Waals surface area (Å²) >= 11 is 0. The van der Waals surface area contributed by atoms with Crippen LogP contribution in [0.1, 0.15) is 32.0 Å². The molecular formula is C12H14FN3O. The van der Waals surface area contributed by atoms with Gasteiger partial charge >= 0.3 is 0 Å². The fraction of sp³-hybridized carbons (Fsp3) is 0.333. The molecule has 90 valence electrons. The van der Waals surface area contributed by atoms with Crippen molar-refractivity contribution in [2.75, 3.05) is 5.73 Å². The molecule has 0 aliphatic carbocycles. The zero-order valence-electron chi connectivity index (χ0n) is 9.77. The van der Waals surface area contributed by atoms with Crippen molar-refractivity contribution in [1.82, 2.24) is 10.1 Å². The topological polar surface area (TPSA) is 64.9 Å². The summed E-state index contributed by atoms with van der Waals surface area (Å²) in [6.07, 6.45) is 0.928. The molecule has 0 bridgehead atoms. The Morgan fingerprint density at radius 3 is 2.88 bits per heavy atom. The van der Waals surface area contributed by atoms with Gasteiger partial charge in [-0.25, -0.2) is 4.39 Å². The summed E-state index contributed by atoms with van der Waals surface area (Å²) < 4.78 is 18.0. The summed E-state index contributed by atoms with van der Waals surface area (Å²) in [5, 5.41) is 3.89. The maximum Gasteiger partial charge on any atom is 0.260 e. The standard InChI is InChI=1S/C12H14FN3O/c1-3-7(2)11-15-12(17-16-11)9-5-4-8(13)6-10(9)14/h4-7H,3,14H2,1-2H3. The van der Waals surface area contributed by atoms with E-state index < -0.39 is 0 Å². The van der Waals surface area contributed by atoms with E-state index in [9.17, 15) is 4.39 Å². The smallest absolute Gasteiger partial charge is 0.260 e. The Hall–Kier alpha value is -1.91. The van der Waals surface area contributed by atoms with Gasteiger partial charge in [-0.3, -0.25) is 0 Å². The van der Waals surface area contributed by atoms with Crippen molar-refractivity contribution in [2.45, 2.75) is 26.2 Å². The highest BCUT2D eigenvalue weighted by Crippen LogP contribution is 2.26. The number of hydrogen-bond acceptors (Lipinski definition) is 4. The first-order valence-electron chi connectivity index (χ1n) is 5.50. The lowest BCUT2D eigenvalue weighted by Crippen LogP contribution is -1.94. The van der Waals surface area contributed by atoms with Gasteiger partial charge in [0.05, 0.1) is 5.56 Å². The van der Waals surface area contributed by atoms with Crippen LogP contribution in [-0.4, -0.2) is 10.1 Å². The predicted molar refractivity (Wildman–Crippen MR) is 62.8 cm³/mol. The Labute approximate surface area is 98.6 Å². The molecule has 1 atom stereocenters. The molecule has 0 saturated heterocycles. The van der Waals surface area contributed by atoms with Gasteiger partial charge in [0.25, 0.3) is 5.89 Å². The Kier molecular flexibility index (Phi) is 3.08. The minimum atomic E-state index is -0.382. The van der Waals surface area contributed by atoms with Crippen LogP contribution < -0.4 is 5.73 Å². The van der Waals surface area contributed by atoms with Gasteiger partial charge in [-0.1, -0.05) is 19.0 Å². The van der Waals surface area contributed by atoms with Crippen LogP contribution in [0.15, 0.2) is 22.7 Å². The van der Waals surface area contributed by atoms with Crippen LogP contribution in [0.25, 0.3) is 11.5 Å². The molecule has 2 aromatic rings. The largest absolute Gasteiger partial charge is 0.398 e. The summed E-state index contributed by atoms with van der Waals surface area (Å²) in [4.78, 5) is 4.26. The number of nitrogens with two attached hydrogens (primary N) is 1. The Balaban J connectivity index is 2.37. The third-order valence-electron chi connectivity index (χ3n) is 2.74.